The summed E-state index contributed by atoms with van der Waals surface area (Å²) in [5.74, 6) is 5.70. The minimum absolute atomic E-state index is 0.0982. The largest absolute Gasteiger partial charge is 0.296 e. The van der Waals surface area contributed by atoms with E-state index in [2.05, 4.69) is 37.7 Å². The van der Waals surface area contributed by atoms with Crippen molar-refractivity contribution in [3.05, 3.63) is 12.2 Å². The van der Waals surface area contributed by atoms with E-state index in [0.29, 0.717) is 0 Å². The molecule has 1 fully saturated rings. The van der Waals surface area contributed by atoms with Crippen molar-refractivity contribution in [2.75, 3.05) is 13.1 Å². The molecule has 3 heteroatoms. The third-order valence-corrected chi connectivity index (χ3v) is 4.08. The zero-order chi connectivity index (χ0) is 12.2. The van der Waals surface area contributed by atoms with Gasteiger partial charge in [-0.1, -0.05) is 25.5 Å². The van der Waals surface area contributed by atoms with Gasteiger partial charge >= 0.3 is 0 Å². The number of nitrogens with zero attached hydrogens (tertiary/aromatic N) is 1. The lowest BCUT2D eigenvalue weighted by molar-refractivity contribution is 0.0535. The lowest BCUT2D eigenvalue weighted by atomic mass is 9.83. The Balaban J connectivity index is 2.84. The Labute approximate surface area is 100 Å². The molecule has 0 saturated carbocycles. The van der Waals surface area contributed by atoms with Gasteiger partial charge in [0.1, 0.15) is 0 Å². The van der Waals surface area contributed by atoms with Crippen LogP contribution in [0.1, 0.15) is 46.5 Å². The molecule has 3 nitrogen and oxygen atoms in total. The monoisotopic (exact) mass is 225 g/mol. The molecular formula is C13H27N3. The molecule has 1 rings (SSSR count). The number of rotatable bonds is 5. The molecule has 0 aromatic heterocycles. The van der Waals surface area contributed by atoms with Crippen molar-refractivity contribution in [3.63, 3.8) is 0 Å². The Morgan fingerprint density at radius 3 is 2.38 bits per heavy atom. The van der Waals surface area contributed by atoms with Gasteiger partial charge in [-0.3, -0.25) is 16.2 Å². The quantitative estimate of drug-likeness (QED) is 0.427. The van der Waals surface area contributed by atoms with Crippen LogP contribution in [0, 0.1) is 0 Å². The van der Waals surface area contributed by atoms with Crippen molar-refractivity contribution in [3.8, 4) is 0 Å². The number of piperidine rings is 1. The summed E-state index contributed by atoms with van der Waals surface area (Å²) < 4.78 is 0. The number of hydrogen-bond donors (Lipinski definition) is 2. The van der Waals surface area contributed by atoms with Gasteiger partial charge in [0, 0.05) is 5.54 Å². The number of likely N-dealkylation sites (tertiary alicyclic amines) is 1. The van der Waals surface area contributed by atoms with Crippen LogP contribution in [0.4, 0.5) is 0 Å². The molecule has 0 aromatic rings. The highest BCUT2D eigenvalue weighted by Gasteiger charge is 2.38. The topological polar surface area (TPSA) is 41.3 Å². The van der Waals surface area contributed by atoms with E-state index in [1.807, 2.05) is 0 Å². The highest BCUT2D eigenvalue weighted by Crippen LogP contribution is 2.29. The van der Waals surface area contributed by atoms with Crippen LogP contribution in [-0.2, 0) is 0 Å². The van der Waals surface area contributed by atoms with Crippen LogP contribution in [0.2, 0.25) is 0 Å². The van der Waals surface area contributed by atoms with Crippen molar-refractivity contribution in [2.45, 2.75) is 58.0 Å². The van der Waals surface area contributed by atoms with E-state index in [1.165, 1.54) is 32.4 Å². The molecule has 16 heavy (non-hydrogen) atoms. The van der Waals surface area contributed by atoms with Crippen LogP contribution >= 0.6 is 0 Å². The van der Waals surface area contributed by atoms with E-state index in [-0.39, 0.29) is 11.6 Å². The van der Waals surface area contributed by atoms with Crippen LogP contribution in [-0.4, -0.2) is 29.6 Å². The van der Waals surface area contributed by atoms with E-state index >= 15 is 0 Å². The van der Waals surface area contributed by atoms with Gasteiger partial charge in [0.2, 0.25) is 0 Å². The fraction of sp³-hybridized carbons (Fsp3) is 0.846. The van der Waals surface area contributed by atoms with E-state index in [1.54, 1.807) is 0 Å². The average Bonchev–Trinajstić information content (AvgIpc) is 2.30. The molecule has 1 heterocycles. The lowest BCUT2D eigenvalue weighted by Crippen LogP contribution is -2.62. The van der Waals surface area contributed by atoms with Crippen molar-refractivity contribution in [1.82, 2.24) is 10.3 Å². The predicted molar refractivity (Wildman–Crippen MR) is 70.0 cm³/mol. The summed E-state index contributed by atoms with van der Waals surface area (Å²) in [6.45, 7) is 13.0. The van der Waals surface area contributed by atoms with E-state index in [0.717, 1.165) is 12.0 Å². The second-order valence-electron chi connectivity index (χ2n) is 5.20. The Hall–Kier alpha value is -0.380. The fourth-order valence-electron chi connectivity index (χ4n) is 2.87. The number of hydrogen-bond acceptors (Lipinski definition) is 3. The second-order valence-corrected chi connectivity index (χ2v) is 5.20. The molecule has 3 N–H and O–H groups in total. The average molecular weight is 225 g/mol. The molecule has 0 aliphatic carbocycles. The maximum Gasteiger partial charge on any atom is 0.0595 e. The third kappa shape index (κ3) is 2.65. The molecule has 1 aliphatic heterocycles. The normalized spacial score (nSPS) is 23.8. The van der Waals surface area contributed by atoms with Crippen molar-refractivity contribution in [1.29, 1.82) is 0 Å². The molecule has 94 valence electrons. The summed E-state index contributed by atoms with van der Waals surface area (Å²) in [6, 6.07) is 0.176. The van der Waals surface area contributed by atoms with Crippen molar-refractivity contribution >= 4 is 0 Å². The molecule has 0 aromatic carbocycles. The Morgan fingerprint density at radius 2 is 2.00 bits per heavy atom. The smallest absolute Gasteiger partial charge is 0.0595 e. The first-order valence-electron chi connectivity index (χ1n) is 6.42. The molecule has 1 aliphatic rings. The van der Waals surface area contributed by atoms with Crippen LogP contribution in [0.3, 0.4) is 0 Å². The van der Waals surface area contributed by atoms with Gasteiger partial charge in [-0.2, -0.15) is 0 Å². The zero-order valence-corrected chi connectivity index (χ0v) is 11.1. The second kappa shape index (κ2) is 5.80. The van der Waals surface area contributed by atoms with Gasteiger partial charge in [0.25, 0.3) is 0 Å². The first kappa shape index (κ1) is 13.7. The van der Waals surface area contributed by atoms with Gasteiger partial charge in [-0.15, -0.1) is 0 Å². The van der Waals surface area contributed by atoms with Crippen LogP contribution in [0.25, 0.3) is 0 Å². The fourth-order valence-corrected chi connectivity index (χ4v) is 2.87. The number of nitrogens with two attached hydrogens (primary N) is 1. The first-order chi connectivity index (χ1) is 7.56. The van der Waals surface area contributed by atoms with Crippen LogP contribution in [0.15, 0.2) is 12.2 Å². The summed E-state index contributed by atoms with van der Waals surface area (Å²) in [6.07, 6.45) is 5.07. The van der Waals surface area contributed by atoms with Gasteiger partial charge in [-0.25, -0.2) is 0 Å². The van der Waals surface area contributed by atoms with Crippen molar-refractivity contribution in [2.24, 2.45) is 5.84 Å². The molecule has 0 spiro atoms. The zero-order valence-electron chi connectivity index (χ0n) is 11.1. The molecular weight excluding hydrogens is 198 g/mol. The summed E-state index contributed by atoms with van der Waals surface area (Å²) in [4.78, 5) is 2.58. The molecule has 1 saturated heterocycles. The molecule has 2 unspecified atom stereocenters. The van der Waals surface area contributed by atoms with Gasteiger partial charge in [0.05, 0.1) is 6.04 Å². The number of hydrazine groups is 1. The summed E-state index contributed by atoms with van der Waals surface area (Å²) >= 11 is 0. The predicted octanol–water partition coefficient (Wildman–Crippen LogP) is 2.05. The Kier molecular flexibility index (Phi) is 4.96. The van der Waals surface area contributed by atoms with Crippen LogP contribution < -0.4 is 11.3 Å². The summed E-state index contributed by atoms with van der Waals surface area (Å²) in [5, 5.41) is 0. The molecule has 0 amide bonds. The Morgan fingerprint density at radius 1 is 1.44 bits per heavy atom. The van der Waals surface area contributed by atoms with E-state index < -0.39 is 0 Å². The SMILES string of the molecule is C=C(C)C(NN)C(C)(CC)N1CCCCC1. The molecule has 0 radical (unpaired) electrons. The molecule has 2 atom stereocenters. The highest BCUT2D eigenvalue weighted by molar-refractivity contribution is 5.13. The summed E-state index contributed by atoms with van der Waals surface area (Å²) in [5.41, 5.74) is 4.17. The van der Waals surface area contributed by atoms with Gasteiger partial charge in [0.15, 0.2) is 0 Å². The minimum atomic E-state index is 0.0982. The van der Waals surface area contributed by atoms with Crippen molar-refractivity contribution < 1.29 is 0 Å². The minimum Gasteiger partial charge on any atom is -0.296 e. The first-order valence-corrected chi connectivity index (χ1v) is 6.42. The standard InChI is InChI=1S/C13H27N3/c1-5-13(4,12(15-14)11(2)3)16-9-7-6-8-10-16/h12,15H,2,5-10,14H2,1,3-4H3. The lowest BCUT2D eigenvalue weighted by Gasteiger charge is -2.48. The van der Waals surface area contributed by atoms with E-state index in [9.17, 15) is 0 Å². The Bertz CT molecular complexity index is 233. The summed E-state index contributed by atoms with van der Waals surface area (Å²) in [7, 11) is 0. The maximum absolute atomic E-state index is 5.70. The highest BCUT2D eigenvalue weighted by atomic mass is 15.3. The van der Waals surface area contributed by atoms with E-state index in [4.69, 9.17) is 5.84 Å². The number of nitrogens with one attached hydrogen (secondary N) is 1. The molecule has 0 bridgehead atoms. The maximum atomic E-state index is 5.70. The van der Waals surface area contributed by atoms with Gasteiger partial charge < -0.3 is 0 Å². The van der Waals surface area contributed by atoms with Gasteiger partial charge in [-0.05, 0) is 46.2 Å². The van der Waals surface area contributed by atoms with Crippen LogP contribution in [0.5, 0.6) is 0 Å². The third-order valence-electron chi connectivity index (χ3n) is 4.08.